The SMILES string of the molecule is CN(C)C(CNC1CSc2ccccc21)c1ccccc1. The number of nitrogens with zero attached hydrogens (tertiary/aromatic N) is 1. The maximum absolute atomic E-state index is 3.76. The van der Waals surface area contributed by atoms with E-state index in [9.17, 15) is 0 Å². The second-order valence-corrected chi connectivity index (χ2v) is 6.76. The topological polar surface area (TPSA) is 15.3 Å². The van der Waals surface area contributed by atoms with Crippen molar-refractivity contribution in [2.24, 2.45) is 0 Å². The predicted molar refractivity (Wildman–Crippen MR) is 90.8 cm³/mol. The molecule has 0 amide bonds. The number of benzene rings is 2. The van der Waals surface area contributed by atoms with Crippen LogP contribution in [0.4, 0.5) is 0 Å². The fourth-order valence-corrected chi connectivity index (χ4v) is 4.05. The van der Waals surface area contributed by atoms with Gasteiger partial charge in [0.2, 0.25) is 0 Å². The highest BCUT2D eigenvalue weighted by Gasteiger charge is 2.23. The molecule has 0 radical (unpaired) electrons. The largest absolute Gasteiger partial charge is 0.307 e. The van der Waals surface area contributed by atoms with Gasteiger partial charge in [-0.2, -0.15) is 0 Å². The van der Waals surface area contributed by atoms with Crippen molar-refractivity contribution in [3.05, 3.63) is 65.7 Å². The summed E-state index contributed by atoms with van der Waals surface area (Å²) in [6, 6.07) is 20.4. The second-order valence-electron chi connectivity index (χ2n) is 5.70. The van der Waals surface area contributed by atoms with E-state index < -0.39 is 0 Å². The van der Waals surface area contributed by atoms with Crippen LogP contribution in [0.1, 0.15) is 23.2 Å². The molecular weight excluding hydrogens is 276 g/mol. The van der Waals surface area contributed by atoms with Crippen LogP contribution in [0.5, 0.6) is 0 Å². The molecule has 1 heterocycles. The molecule has 2 aromatic rings. The van der Waals surface area contributed by atoms with E-state index in [0.29, 0.717) is 12.1 Å². The van der Waals surface area contributed by atoms with Gasteiger partial charge in [0.25, 0.3) is 0 Å². The zero-order valence-corrected chi connectivity index (χ0v) is 13.4. The van der Waals surface area contributed by atoms with E-state index in [2.05, 4.69) is 78.9 Å². The molecule has 2 atom stereocenters. The summed E-state index contributed by atoms with van der Waals surface area (Å²) in [4.78, 5) is 3.71. The van der Waals surface area contributed by atoms with E-state index in [1.165, 1.54) is 16.0 Å². The minimum Gasteiger partial charge on any atom is -0.307 e. The molecule has 110 valence electrons. The van der Waals surface area contributed by atoms with Crippen molar-refractivity contribution in [1.29, 1.82) is 0 Å². The van der Waals surface area contributed by atoms with E-state index in [4.69, 9.17) is 0 Å². The average molecular weight is 298 g/mol. The lowest BCUT2D eigenvalue weighted by atomic mass is 10.0. The van der Waals surface area contributed by atoms with Gasteiger partial charge in [-0.1, -0.05) is 48.5 Å². The minimum atomic E-state index is 0.406. The van der Waals surface area contributed by atoms with Gasteiger partial charge in [0.15, 0.2) is 0 Å². The normalized spacial score (nSPS) is 18.7. The molecule has 3 heteroatoms. The number of likely N-dealkylation sites (N-methyl/N-ethyl adjacent to an activating group) is 1. The van der Waals surface area contributed by atoms with Crippen molar-refractivity contribution in [2.45, 2.75) is 17.0 Å². The summed E-state index contributed by atoms with van der Waals surface area (Å²) in [5, 5.41) is 3.76. The molecule has 0 saturated heterocycles. The first kappa shape index (κ1) is 14.6. The highest BCUT2D eigenvalue weighted by Crippen LogP contribution is 2.37. The van der Waals surface area contributed by atoms with Crippen LogP contribution >= 0.6 is 11.8 Å². The molecule has 2 unspecified atom stereocenters. The quantitative estimate of drug-likeness (QED) is 0.905. The van der Waals surface area contributed by atoms with Gasteiger partial charge in [-0.05, 0) is 31.3 Å². The maximum Gasteiger partial charge on any atom is 0.0467 e. The van der Waals surface area contributed by atoms with Gasteiger partial charge in [0.1, 0.15) is 0 Å². The molecule has 0 saturated carbocycles. The van der Waals surface area contributed by atoms with Crippen molar-refractivity contribution < 1.29 is 0 Å². The lowest BCUT2D eigenvalue weighted by molar-refractivity contribution is 0.282. The van der Waals surface area contributed by atoms with E-state index in [1.54, 1.807) is 0 Å². The Morgan fingerprint density at radius 1 is 1.10 bits per heavy atom. The Kier molecular flexibility index (Phi) is 4.63. The van der Waals surface area contributed by atoms with Crippen LogP contribution in [-0.4, -0.2) is 31.3 Å². The summed E-state index contributed by atoms with van der Waals surface area (Å²) < 4.78 is 0. The van der Waals surface area contributed by atoms with E-state index >= 15 is 0 Å². The Balaban J connectivity index is 1.69. The smallest absolute Gasteiger partial charge is 0.0467 e. The summed E-state index contributed by atoms with van der Waals surface area (Å²) >= 11 is 1.96. The number of hydrogen-bond acceptors (Lipinski definition) is 3. The standard InChI is InChI=1S/C18H22N2S/c1-20(2)17(14-8-4-3-5-9-14)12-19-16-13-21-18-11-7-6-10-15(16)18/h3-11,16-17,19H,12-13H2,1-2H3. The molecule has 1 aliphatic rings. The fourth-order valence-electron chi connectivity index (χ4n) is 2.86. The molecule has 0 aromatic heterocycles. The number of rotatable bonds is 5. The third-order valence-electron chi connectivity index (χ3n) is 4.07. The van der Waals surface area contributed by atoms with Gasteiger partial charge in [0, 0.05) is 29.3 Å². The van der Waals surface area contributed by atoms with E-state index in [1.807, 2.05) is 11.8 Å². The van der Waals surface area contributed by atoms with Crippen molar-refractivity contribution in [2.75, 3.05) is 26.4 Å². The van der Waals surface area contributed by atoms with Gasteiger partial charge in [-0.3, -0.25) is 0 Å². The summed E-state index contributed by atoms with van der Waals surface area (Å²) in [7, 11) is 4.30. The first-order chi connectivity index (χ1) is 10.3. The Labute approximate surface area is 131 Å². The number of hydrogen-bond donors (Lipinski definition) is 1. The molecule has 1 aliphatic heterocycles. The van der Waals surface area contributed by atoms with Gasteiger partial charge >= 0.3 is 0 Å². The zero-order chi connectivity index (χ0) is 14.7. The van der Waals surface area contributed by atoms with Gasteiger partial charge in [-0.25, -0.2) is 0 Å². The zero-order valence-electron chi connectivity index (χ0n) is 12.6. The lowest BCUT2D eigenvalue weighted by Crippen LogP contribution is -2.33. The average Bonchev–Trinajstić information content (AvgIpc) is 2.92. The van der Waals surface area contributed by atoms with Crippen molar-refractivity contribution >= 4 is 11.8 Å². The second kappa shape index (κ2) is 6.65. The molecular formula is C18H22N2S. The summed E-state index contributed by atoms with van der Waals surface area (Å²) in [6.07, 6.45) is 0. The fraction of sp³-hybridized carbons (Fsp3) is 0.333. The molecule has 0 bridgehead atoms. The molecule has 3 rings (SSSR count). The maximum atomic E-state index is 3.76. The third kappa shape index (κ3) is 3.31. The van der Waals surface area contributed by atoms with Crippen LogP contribution in [-0.2, 0) is 0 Å². The third-order valence-corrected chi connectivity index (χ3v) is 5.25. The van der Waals surface area contributed by atoms with E-state index in [-0.39, 0.29) is 0 Å². The monoisotopic (exact) mass is 298 g/mol. The Morgan fingerprint density at radius 2 is 1.81 bits per heavy atom. The Morgan fingerprint density at radius 3 is 2.57 bits per heavy atom. The molecule has 0 aliphatic carbocycles. The van der Waals surface area contributed by atoms with Crippen LogP contribution in [0.2, 0.25) is 0 Å². The van der Waals surface area contributed by atoms with Crippen LogP contribution in [0, 0.1) is 0 Å². The van der Waals surface area contributed by atoms with E-state index in [0.717, 1.165) is 12.3 Å². The van der Waals surface area contributed by atoms with Crippen molar-refractivity contribution in [3.8, 4) is 0 Å². The lowest BCUT2D eigenvalue weighted by Gasteiger charge is -2.27. The van der Waals surface area contributed by atoms with Crippen LogP contribution in [0.15, 0.2) is 59.5 Å². The first-order valence-corrected chi connectivity index (χ1v) is 8.41. The molecule has 0 fully saturated rings. The molecule has 1 N–H and O–H groups in total. The number of nitrogens with one attached hydrogen (secondary N) is 1. The van der Waals surface area contributed by atoms with Crippen molar-refractivity contribution in [1.82, 2.24) is 10.2 Å². The number of thioether (sulfide) groups is 1. The summed E-state index contributed by atoms with van der Waals surface area (Å²) in [5.41, 5.74) is 2.82. The van der Waals surface area contributed by atoms with Crippen LogP contribution < -0.4 is 5.32 Å². The van der Waals surface area contributed by atoms with Crippen LogP contribution in [0.3, 0.4) is 0 Å². The summed E-state index contributed by atoms with van der Waals surface area (Å²) in [6.45, 7) is 0.969. The van der Waals surface area contributed by atoms with Crippen LogP contribution in [0.25, 0.3) is 0 Å². The Bertz CT molecular complexity index is 583. The Hall–Kier alpha value is -1.29. The van der Waals surface area contributed by atoms with Gasteiger partial charge in [-0.15, -0.1) is 11.8 Å². The van der Waals surface area contributed by atoms with Gasteiger partial charge < -0.3 is 10.2 Å². The molecule has 2 aromatic carbocycles. The summed E-state index contributed by atoms with van der Waals surface area (Å²) in [5.74, 6) is 1.13. The number of fused-ring (bicyclic) bond motifs is 1. The molecule has 21 heavy (non-hydrogen) atoms. The highest BCUT2D eigenvalue weighted by molar-refractivity contribution is 7.99. The van der Waals surface area contributed by atoms with Crippen molar-refractivity contribution in [3.63, 3.8) is 0 Å². The first-order valence-electron chi connectivity index (χ1n) is 7.42. The minimum absolute atomic E-state index is 0.406. The molecule has 2 nitrogen and oxygen atoms in total. The van der Waals surface area contributed by atoms with Gasteiger partial charge in [0.05, 0.1) is 0 Å². The molecule has 0 spiro atoms. The highest BCUT2D eigenvalue weighted by atomic mass is 32.2. The predicted octanol–water partition coefficient (Wildman–Crippen LogP) is 3.73.